The number of piperidine rings is 1. The largest absolute Gasteiger partial charge is 0.311 e. The quantitative estimate of drug-likeness (QED) is 0.815. The maximum Gasteiger partial charge on any atom is 0.0281 e. The molecule has 94 valence electrons. The van der Waals surface area contributed by atoms with Crippen LogP contribution in [0.5, 0.6) is 0 Å². The number of nitrogens with zero attached hydrogens (tertiary/aromatic N) is 1. The number of thioether (sulfide) groups is 1. The van der Waals surface area contributed by atoms with Gasteiger partial charge in [0.1, 0.15) is 0 Å². The van der Waals surface area contributed by atoms with E-state index in [2.05, 4.69) is 35.3 Å². The molecule has 3 heteroatoms. The van der Waals surface area contributed by atoms with E-state index >= 15 is 0 Å². The smallest absolute Gasteiger partial charge is 0.0281 e. The Hall–Kier alpha value is 0.270. The van der Waals surface area contributed by atoms with Crippen molar-refractivity contribution in [1.82, 2.24) is 10.2 Å². The van der Waals surface area contributed by atoms with Crippen LogP contribution in [0.25, 0.3) is 0 Å². The number of hydrogen-bond acceptors (Lipinski definition) is 3. The molecule has 2 nitrogen and oxygen atoms in total. The van der Waals surface area contributed by atoms with Gasteiger partial charge in [-0.3, -0.25) is 0 Å². The molecule has 2 aliphatic rings. The molecule has 1 atom stereocenters. The minimum atomic E-state index is 0.565. The van der Waals surface area contributed by atoms with Crippen molar-refractivity contribution < 1.29 is 0 Å². The van der Waals surface area contributed by atoms with Crippen molar-refractivity contribution in [3.63, 3.8) is 0 Å². The number of hydrogen-bond donors (Lipinski definition) is 1. The molecule has 1 saturated heterocycles. The third kappa shape index (κ3) is 3.14. The molecule has 16 heavy (non-hydrogen) atoms. The van der Waals surface area contributed by atoms with Crippen molar-refractivity contribution in [2.75, 3.05) is 32.9 Å². The van der Waals surface area contributed by atoms with Crippen LogP contribution in [0.1, 0.15) is 38.5 Å². The first kappa shape index (κ1) is 12.7. The molecule has 1 aliphatic heterocycles. The lowest BCUT2D eigenvalue weighted by molar-refractivity contribution is 0.224. The standard InChI is InChI=1S/C13H26N2S/c1-15-9-5-6-12(10-15)14-11-13(16-2)7-3-4-8-13/h12,14H,3-11H2,1-2H3. The molecule has 1 N–H and O–H groups in total. The molecule has 0 radical (unpaired) electrons. The van der Waals surface area contributed by atoms with Gasteiger partial charge in [-0.25, -0.2) is 0 Å². The molecule has 1 unspecified atom stereocenters. The average Bonchev–Trinajstić information content (AvgIpc) is 2.76. The fourth-order valence-corrected chi connectivity index (χ4v) is 4.06. The Bertz CT molecular complexity index is 214. The Morgan fingerprint density at radius 1 is 1.31 bits per heavy atom. The molecule has 0 aromatic carbocycles. The maximum atomic E-state index is 3.82. The molecule has 0 amide bonds. The van der Waals surface area contributed by atoms with Crippen LogP contribution in [0.2, 0.25) is 0 Å². The summed E-state index contributed by atoms with van der Waals surface area (Å²) in [5.41, 5.74) is 0. The predicted octanol–water partition coefficient (Wildman–Crippen LogP) is 2.35. The first-order valence-corrected chi connectivity index (χ1v) is 7.94. The highest BCUT2D eigenvalue weighted by molar-refractivity contribution is 8.00. The molecule has 2 rings (SSSR count). The summed E-state index contributed by atoms with van der Waals surface area (Å²) in [7, 11) is 2.24. The Morgan fingerprint density at radius 3 is 2.69 bits per heavy atom. The third-order valence-electron chi connectivity index (χ3n) is 4.29. The molecule has 1 aliphatic carbocycles. The summed E-state index contributed by atoms with van der Waals surface area (Å²) in [6, 6.07) is 0.739. The summed E-state index contributed by atoms with van der Waals surface area (Å²) in [5.74, 6) is 0. The van der Waals surface area contributed by atoms with Gasteiger partial charge in [0.2, 0.25) is 0 Å². The van der Waals surface area contributed by atoms with Crippen molar-refractivity contribution >= 4 is 11.8 Å². The van der Waals surface area contributed by atoms with E-state index in [0.717, 1.165) is 6.04 Å². The summed E-state index contributed by atoms with van der Waals surface area (Å²) in [6.07, 6.45) is 10.7. The predicted molar refractivity (Wildman–Crippen MR) is 73.2 cm³/mol. The van der Waals surface area contributed by atoms with Gasteiger partial charge in [0, 0.05) is 23.9 Å². The van der Waals surface area contributed by atoms with E-state index in [1.807, 2.05) is 0 Å². The lowest BCUT2D eigenvalue weighted by Crippen LogP contribution is -2.48. The monoisotopic (exact) mass is 242 g/mol. The average molecular weight is 242 g/mol. The zero-order chi connectivity index (χ0) is 11.4. The van der Waals surface area contributed by atoms with E-state index in [9.17, 15) is 0 Å². The highest BCUT2D eigenvalue weighted by Gasteiger charge is 2.33. The molecule has 0 aromatic heterocycles. The van der Waals surface area contributed by atoms with Crippen LogP contribution in [0.15, 0.2) is 0 Å². The van der Waals surface area contributed by atoms with Gasteiger partial charge >= 0.3 is 0 Å². The van der Waals surface area contributed by atoms with Gasteiger partial charge in [0.05, 0.1) is 0 Å². The molecule has 0 spiro atoms. The maximum absolute atomic E-state index is 3.82. The van der Waals surface area contributed by atoms with Crippen molar-refractivity contribution in [3.05, 3.63) is 0 Å². The van der Waals surface area contributed by atoms with Crippen LogP contribution in [0, 0.1) is 0 Å². The van der Waals surface area contributed by atoms with E-state index in [-0.39, 0.29) is 0 Å². The van der Waals surface area contributed by atoms with Crippen LogP contribution < -0.4 is 5.32 Å². The Labute approximate surface area is 105 Å². The summed E-state index contributed by atoms with van der Waals surface area (Å²) in [4.78, 5) is 2.46. The Kier molecular flexibility index (Phi) is 4.57. The lowest BCUT2D eigenvalue weighted by atomic mass is 10.0. The Balaban J connectivity index is 1.77. The number of likely N-dealkylation sites (N-methyl/N-ethyl adjacent to an activating group) is 1. The van der Waals surface area contributed by atoms with Crippen LogP contribution in [0.3, 0.4) is 0 Å². The number of likely N-dealkylation sites (tertiary alicyclic amines) is 1. The van der Waals surface area contributed by atoms with E-state index in [1.54, 1.807) is 0 Å². The zero-order valence-corrected chi connectivity index (χ0v) is 11.6. The van der Waals surface area contributed by atoms with Crippen LogP contribution in [0.4, 0.5) is 0 Å². The van der Waals surface area contributed by atoms with Crippen molar-refractivity contribution in [2.24, 2.45) is 0 Å². The van der Waals surface area contributed by atoms with Crippen LogP contribution in [-0.4, -0.2) is 48.6 Å². The number of nitrogens with one attached hydrogen (secondary N) is 1. The van der Waals surface area contributed by atoms with Gasteiger partial charge in [0.25, 0.3) is 0 Å². The van der Waals surface area contributed by atoms with Crippen molar-refractivity contribution in [3.8, 4) is 0 Å². The van der Waals surface area contributed by atoms with Gasteiger partial charge in [-0.2, -0.15) is 11.8 Å². The summed E-state index contributed by atoms with van der Waals surface area (Å²) < 4.78 is 0.565. The Morgan fingerprint density at radius 2 is 2.06 bits per heavy atom. The summed E-state index contributed by atoms with van der Waals surface area (Å²) >= 11 is 2.09. The molecule has 2 fully saturated rings. The molecule has 0 aromatic rings. The highest BCUT2D eigenvalue weighted by atomic mass is 32.2. The molecule has 1 saturated carbocycles. The lowest BCUT2D eigenvalue weighted by Gasteiger charge is -2.34. The molecular weight excluding hydrogens is 216 g/mol. The molecular formula is C13H26N2S. The van der Waals surface area contributed by atoms with Gasteiger partial charge in [-0.1, -0.05) is 12.8 Å². The SMILES string of the molecule is CSC1(CNC2CCCN(C)C2)CCCC1. The van der Waals surface area contributed by atoms with E-state index in [0.29, 0.717) is 4.75 Å². The summed E-state index contributed by atoms with van der Waals surface area (Å²) in [5, 5.41) is 3.82. The second kappa shape index (κ2) is 5.74. The molecule has 0 bridgehead atoms. The first-order valence-electron chi connectivity index (χ1n) is 6.71. The highest BCUT2D eigenvalue weighted by Crippen LogP contribution is 2.39. The fraction of sp³-hybridized carbons (Fsp3) is 1.00. The normalized spacial score (nSPS) is 30.8. The van der Waals surface area contributed by atoms with Crippen molar-refractivity contribution in [1.29, 1.82) is 0 Å². The van der Waals surface area contributed by atoms with Gasteiger partial charge < -0.3 is 10.2 Å². The van der Waals surface area contributed by atoms with Crippen LogP contribution in [-0.2, 0) is 0 Å². The van der Waals surface area contributed by atoms with Gasteiger partial charge in [-0.15, -0.1) is 0 Å². The summed E-state index contributed by atoms with van der Waals surface area (Å²) in [6.45, 7) is 3.75. The number of rotatable bonds is 4. The van der Waals surface area contributed by atoms with Gasteiger partial charge in [-0.05, 0) is 45.5 Å². The third-order valence-corrected chi connectivity index (χ3v) is 5.70. The zero-order valence-electron chi connectivity index (χ0n) is 10.8. The minimum Gasteiger partial charge on any atom is -0.311 e. The molecule has 1 heterocycles. The minimum absolute atomic E-state index is 0.565. The topological polar surface area (TPSA) is 15.3 Å². The van der Waals surface area contributed by atoms with E-state index in [1.165, 1.54) is 58.2 Å². The van der Waals surface area contributed by atoms with Gasteiger partial charge in [0.15, 0.2) is 0 Å². The van der Waals surface area contributed by atoms with E-state index < -0.39 is 0 Å². The fourth-order valence-electron chi connectivity index (χ4n) is 3.14. The first-order chi connectivity index (χ1) is 7.74. The van der Waals surface area contributed by atoms with Crippen LogP contribution >= 0.6 is 11.8 Å². The van der Waals surface area contributed by atoms with Crippen molar-refractivity contribution in [2.45, 2.75) is 49.3 Å². The van der Waals surface area contributed by atoms with E-state index in [4.69, 9.17) is 0 Å². The second-order valence-corrected chi connectivity index (χ2v) is 6.85. The second-order valence-electron chi connectivity index (χ2n) is 5.58.